The molecule has 3 rings (SSSR count). The maximum absolute atomic E-state index is 5.61. The Labute approximate surface area is 120 Å². The van der Waals surface area contributed by atoms with Gasteiger partial charge < -0.3 is 14.6 Å². The fraction of sp³-hybridized carbons (Fsp3) is 0.867. The lowest BCUT2D eigenvalue weighted by Crippen LogP contribution is -2.37. The summed E-state index contributed by atoms with van der Waals surface area (Å²) >= 11 is 0. The van der Waals surface area contributed by atoms with Gasteiger partial charge in [-0.15, -0.1) is 0 Å². The molecule has 0 spiro atoms. The third kappa shape index (κ3) is 2.49. The summed E-state index contributed by atoms with van der Waals surface area (Å²) in [6.45, 7) is 3.22. The first-order valence-electron chi connectivity index (χ1n) is 7.90. The molecule has 20 heavy (non-hydrogen) atoms. The Balaban J connectivity index is 1.63. The fourth-order valence-electron chi connectivity index (χ4n) is 3.44. The van der Waals surface area contributed by atoms with Gasteiger partial charge in [0, 0.05) is 19.1 Å². The average Bonchev–Trinajstić information content (AvgIpc) is 2.89. The largest absolute Gasteiger partial charge is 0.370 e. The van der Waals surface area contributed by atoms with Crippen LogP contribution in [0, 0.1) is 0 Å². The van der Waals surface area contributed by atoms with E-state index >= 15 is 0 Å². The van der Waals surface area contributed by atoms with E-state index < -0.39 is 0 Å². The Morgan fingerprint density at radius 1 is 1.30 bits per heavy atom. The molecule has 1 heterocycles. The van der Waals surface area contributed by atoms with E-state index in [0.29, 0.717) is 12.0 Å². The highest BCUT2D eigenvalue weighted by Crippen LogP contribution is 2.43. The van der Waals surface area contributed by atoms with Gasteiger partial charge in [-0.3, -0.25) is 0 Å². The van der Waals surface area contributed by atoms with Crippen molar-refractivity contribution in [3.8, 4) is 0 Å². The number of hydrogen-bond donors (Lipinski definition) is 1. The molecule has 5 heteroatoms. The molecule has 0 atom stereocenters. The van der Waals surface area contributed by atoms with E-state index in [-0.39, 0.29) is 5.60 Å². The summed E-state index contributed by atoms with van der Waals surface area (Å²) in [7, 11) is 1.75. The lowest BCUT2D eigenvalue weighted by molar-refractivity contribution is -0.0858. The minimum Gasteiger partial charge on any atom is -0.370 e. The van der Waals surface area contributed by atoms with Gasteiger partial charge in [-0.25, -0.2) is 0 Å². The molecular weight excluding hydrogens is 254 g/mol. The molecule has 0 saturated heterocycles. The Hall–Kier alpha value is -0.940. The van der Waals surface area contributed by atoms with E-state index in [4.69, 9.17) is 9.26 Å². The van der Waals surface area contributed by atoms with Crippen LogP contribution in [-0.4, -0.2) is 29.8 Å². The zero-order valence-corrected chi connectivity index (χ0v) is 12.5. The normalized spacial score (nSPS) is 29.1. The number of ether oxygens (including phenoxy) is 1. The van der Waals surface area contributed by atoms with Crippen LogP contribution in [0.5, 0.6) is 0 Å². The average molecular weight is 279 g/mol. The third-order valence-corrected chi connectivity index (χ3v) is 4.97. The highest BCUT2D eigenvalue weighted by atomic mass is 16.5. The third-order valence-electron chi connectivity index (χ3n) is 4.97. The van der Waals surface area contributed by atoms with Crippen LogP contribution in [0.4, 0.5) is 0 Å². The van der Waals surface area contributed by atoms with Gasteiger partial charge in [0.25, 0.3) is 0 Å². The molecule has 2 fully saturated rings. The van der Waals surface area contributed by atoms with Gasteiger partial charge in [0.1, 0.15) is 5.60 Å². The highest BCUT2D eigenvalue weighted by Gasteiger charge is 2.43. The topological polar surface area (TPSA) is 60.2 Å². The predicted octanol–water partition coefficient (Wildman–Crippen LogP) is 2.73. The lowest BCUT2D eigenvalue weighted by Gasteiger charge is -2.37. The number of rotatable bonds is 5. The molecule has 0 unspecified atom stereocenters. The van der Waals surface area contributed by atoms with E-state index in [1.807, 2.05) is 0 Å². The van der Waals surface area contributed by atoms with Crippen molar-refractivity contribution in [3.05, 3.63) is 11.7 Å². The van der Waals surface area contributed by atoms with Gasteiger partial charge in [-0.1, -0.05) is 12.1 Å². The van der Waals surface area contributed by atoms with E-state index in [0.717, 1.165) is 43.9 Å². The van der Waals surface area contributed by atoms with Gasteiger partial charge in [0.05, 0.1) is 0 Å². The first-order chi connectivity index (χ1) is 9.77. The molecule has 0 radical (unpaired) electrons. The molecule has 1 N–H and O–H groups in total. The molecule has 0 aromatic carbocycles. The van der Waals surface area contributed by atoms with Crippen LogP contribution in [0.15, 0.2) is 4.52 Å². The van der Waals surface area contributed by atoms with Crippen molar-refractivity contribution in [1.29, 1.82) is 0 Å². The van der Waals surface area contributed by atoms with Gasteiger partial charge in [-0.2, -0.15) is 4.98 Å². The Morgan fingerprint density at radius 2 is 2.05 bits per heavy atom. The number of nitrogens with zero attached hydrogens (tertiary/aromatic N) is 2. The summed E-state index contributed by atoms with van der Waals surface area (Å²) in [5.74, 6) is 2.01. The van der Waals surface area contributed by atoms with Gasteiger partial charge in [0.2, 0.25) is 11.7 Å². The first kappa shape index (κ1) is 14.0. The predicted molar refractivity (Wildman–Crippen MR) is 75.5 cm³/mol. The molecule has 5 nitrogen and oxygen atoms in total. The summed E-state index contributed by atoms with van der Waals surface area (Å²) in [5, 5.41) is 7.71. The SMILES string of the molecule is CCNC1CCC(c2nc(C3(OC)CCC3)no2)CC1. The number of methoxy groups -OCH3 is 1. The van der Waals surface area contributed by atoms with Crippen LogP contribution >= 0.6 is 0 Å². The van der Waals surface area contributed by atoms with Crippen LogP contribution in [0.1, 0.15) is 69.5 Å². The maximum atomic E-state index is 5.61. The first-order valence-corrected chi connectivity index (χ1v) is 7.90. The van der Waals surface area contributed by atoms with E-state index in [1.54, 1.807) is 7.11 Å². The monoisotopic (exact) mass is 279 g/mol. The van der Waals surface area contributed by atoms with Crippen molar-refractivity contribution in [2.75, 3.05) is 13.7 Å². The number of nitrogens with one attached hydrogen (secondary N) is 1. The van der Waals surface area contributed by atoms with Crippen LogP contribution in [0.3, 0.4) is 0 Å². The summed E-state index contributed by atoms with van der Waals surface area (Å²) in [5.41, 5.74) is -0.261. The smallest absolute Gasteiger partial charge is 0.229 e. The lowest BCUT2D eigenvalue weighted by atomic mass is 9.79. The van der Waals surface area contributed by atoms with Crippen LogP contribution < -0.4 is 5.32 Å². The Morgan fingerprint density at radius 3 is 2.60 bits per heavy atom. The molecular formula is C15H25N3O2. The Kier molecular flexibility index (Phi) is 4.08. The standard InChI is InChI=1S/C15H25N3O2/c1-3-16-12-7-5-11(6-8-12)13-17-14(18-20-13)15(19-2)9-4-10-15/h11-12,16H,3-10H2,1-2H3. The molecule has 2 aliphatic rings. The second-order valence-electron chi connectivity index (χ2n) is 6.11. The van der Waals surface area contributed by atoms with Crippen LogP contribution in [-0.2, 0) is 10.3 Å². The fourth-order valence-corrected chi connectivity index (χ4v) is 3.44. The van der Waals surface area contributed by atoms with Crippen molar-refractivity contribution in [1.82, 2.24) is 15.5 Å². The summed E-state index contributed by atoms with van der Waals surface area (Å²) < 4.78 is 11.1. The second-order valence-corrected chi connectivity index (χ2v) is 6.11. The molecule has 112 valence electrons. The molecule has 2 aliphatic carbocycles. The molecule has 1 aromatic heterocycles. The van der Waals surface area contributed by atoms with Crippen LogP contribution in [0.25, 0.3) is 0 Å². The van der Waals surface area contributed by atoms with E-state index in [9.17, 15) is 0 Å². The van der Waals surface area contributed by atoms with Crippen molar-refractivity contribution in [3.63, 3.8) is 0 Å². The van der Waals surface area contributed by atoms with Gasteiger partial charge in [0.15, 0.2) is 0 Å². The second kappa shape index (κ2) is 5.82. The molecule has 1 aromatic rings. The zero-order chi connectivity index (χ0) is 14.0. The molecule has 0 aliphatic heterocycles. The van der Waals surface area contributed by atoms with Gasteiger partial charge >= 0.3 is 0 Å². The maximum Gasteiger partial charge on any atom is 0.229 e. The van der Waals surface area contributed by atoms with Crippen molar-refractivity contribution < 1.29 is 9.26 Å². The summed E-state index contributed by atoms with van der Waals surface area (Å²) in [6.07, 6.45) is 7.88. The minimum absolute atomic E-state index is 0.261. The minimum atomic E-state index is -0.261. The van der Waals surface area contributed by atoms with Gasteiger partial charge in [-0.05, 0) is 51.5 Å². The number of hydrogen-bond acceptors (Lipinski definition) is 5. The van der Waals surface area contributed by atoms with Crippen LogP contribution in [0.2, 0.25) is 0 Å². The quantitative estimate of drug-likeness (QED) is 0.898. The molecule has 0 bridgehead atoms. The number of aromatic nitrogens is 2. The summed E-state index contributed by atoms with van der Waals surface area (Å²) in [4.78, 5) is 4.65. The van der Waals surface area contributed by atoms with E-state index in [1.165, 1.54) is 19.3 Å². The van der Waals surface area contributed by atoms with Crippen molar-refractivity contribution in [2.24, 2.45) is 0 Å². The molecule has 0 amide bonds. The Bertz CT molecular complexity index is 429. The van der Waals surface area contributed by atoms with Crippen molar-refractivity contribution >= 4 is 0 Å². The van der Waals surface area contributed by atoms with E-state index in [2.05, 4.69) is 22.4 Å². The molecule has 2 saturated carbocycles. The van der Waals surface area contributed by atoms with Crippen molar-refractivity contribution in [2.45, 2.75) is 69.4 Å². The zero-order valence-electron chi connectivity index (χ0n) is 12.5. The highest BCUT2D eigenvalue weighted by molar-refractivity contribution is 5.08. The summed E-state index contributed by atoms with van der Waals surface area (Å²) in [6, 6.07) is 0.663.